The van der Waals surface area contributed by atoms with Crippen LogP contribution in [0.2, 0.25) is 0 Å². The number of benzene rings is 4. The third-order valence-electron chi connectivity index (χ3n) is 10.5. The Kier molecular flexibility index (Phi) is 16.2. The van der Waals surface area contributed by atoms with Crippen LogP contribution in [0.1, 0.15) is 36.5 Å². The van der Waals surface area contributed by atoms with Gasteiger partial charge in [-0.15, -0.1) is 5.11 Å². The Morgan fingerprint density at radius 2 is 1.47 bits per heavy atom. The number of nitrogens with one attached hydrogen (secondary N) is 2. The number of allylic oxidation sites excluding steroid dienone is 1. The van der Waals surface area contributed by atoms with Crippen LogP contribution in [-0.4, -0.2) is 70.1 Å². The Morgan fingerprint density at radius 3 is 2.20 bits per heavy atom. The summed E-state index contributed by atoms with van der Waals surface area (Å²) in [5, 5.41) is 18.0. The van der Waals surface area contributed by atoms with Crippen molar-refractivity contribution >= 4 is 84.1 Å². The lowest BCUT2D eigenvalue weighted by atomic mass is 10.0. The Balaban J connectivity index is 0.000000428. The van der Waals surface area contributed by atoms with Crippen molar-refractivity contribution in [2.45, 2.75) is 39.2 Å². The van der Waals surface area contributed by atoms with E-state index in [1.165, 1.54) is 35.3 Å². The number of aromatic nitrogens is 1. The van der Waals surface area contributed by atoms with Crippen LogP contribution in [0.15, 0.2) is 113 Å². The molecule has 0 saturated heterocycles. The number of nitrogen functional groups attached to an aromatic ring is 1. The SMILES string of the molecule is C/C=C(/N)c1ccccc1[NH2+]CC(=O)NCCSSCCNC(=O)C[n+]1ccc(N=Nc2ccc3c(c2)CCCN3C)c2ccccc21.CN1CCCc2cc(N)ccc21. The molecule has 12 nitrogen and oxygen atoms in total. The van der Waals surface area contributed by atoms with E-state index in [2.05, 4.69) is 69.0 Å². The Bertz CT molecular complexity index is 2320. The predicted molar refractivity (Wildman–Crippen MR) is 250 cm³/mol. The van der Waals surface area contributed by atoms with E-state index in [4.69, 9.17) is 11.5 Å². The van der Waals surface area contributed by atoms with E-state index < -0.39 is 0 Å². The first-order valence-corrected chi connectivity index (χ1v) is 23.1. The highest BCUT2D eigenvalue weighted by Gasteiger charge is 2.18. The Morgan fingerprint density at radius 1 is 0.817 bits per heavy atom. The van der Waals surface area contributed by atoms with Crippen molar-refractivity contribution in [2.24, 2.45) is 16.0 Å². The molecule has 14 heteroatoms. The second kappa shape index (κ2) is 22.2. The minimum atomic E-state index is -0.0505. The minimum absolute atomic E-state index is 0.0227. The van der Waals surface area contributed by atoms with E-state index in [-0.39, 0.29) is 18.4 Å². The van der Waals surface area contributed by atoms with Gasteiger partial charge in [0.2, 0.25) is 12.1 Å². The van der Waals surface area contributed by atoms with Gasteiger partial charge in [0.25, 0.3) is 11.8 Å². The molecule has 0 spiro atoms. The fraction of sp³-hybridized carbons (Fsp3) is 0.326. The van der Waals surface area contributed by atoms with Gasteiger partial charge < -0.3 is 37.2 Å². The monoisotopic (exact) mass is 846 g/mol. The maximum Gasteiger partial charge on any atom is 0.286 e. The number of amides is 2. The molecule has 0 radical (unpaired) electrons. The molecule has 5 aromatic rings. The highest BCUT2D eigenvalue weighted by Crippen LogP contribution is 2.32. The standard InChI is InChI=1S/C36H42N8O2S2.C10H14N2/c1-3-30(37)28-10-4-6-12-31(28)40-24-35(45)38-17-21-47-48-22-18-39-36(46)25-44-20-16-32(29-11-5-7-13-34(29)44)42-41-27-14-15-33-26(23-27)9-8-19-43(33)2;1-12-6-2-3-8-7-9(11)4-5-10(8)12/h3-7,10-16,20,23,40H,8-9,17-19,21-22,24-25,37H2,1-2H3,(H-,38,39,45,46);4-5,7H,2-3,6,11H2,1H3/p+2/b30-3+;. The summed E-state index contributed by atoms with van der Waals surface area (Å²) in [6.07, 6.45) is 8.37. The molecule has 314 valence electrons. The van der Waals surface area contributed by atoms with Gasteiger partial charge in [0, 0.05) is 86.7 Å². The molecule has 2 amide bonds. The van der Waals surface area contributed by atoms with Crippen molar-refractivity contribution < 1.29 is 19.5 Å². The largest absolute Gasteiger partial charge is 0.399 e. The topological polar surface area (TPSA) is 162 Å². The first kappa shape index (κ1) is 44.0. The number of pyridine rings is 1. The van der Waals surface area contributed by atoms with Crippen molar-refractivity contribution in [1.29, 1.82) is 0 Å². The van der Waals surface area contributed by atoms with E-state index in [0.29, 0.717) is 25.3 Å². The van der Waals surface area contributed by atoms with Gasteiger partial charge in [-0.1, -0.05) is 51.9 Å². The average Bonchev–Trinajstić information content (AvgIpc) is 3.26. The molecular formula is C46H58N10O2S2+2. The van der Waals surface area contributed by atoms with Crippen molar-refractivity contribution in [3.63, 3.8) is 0 Å². The van der Waals surface area contributed by atoms with Crippen LogP contribution < -0.4 is 41.8 Å². The highest BCUT2D eigenvalue weighted by atomic mass is 33.1. The number of para-hydroxylation sites is 2. The molecule has 0 saturated carbocycles. The number of fused-ring (bicyclic) bond motifs is 3. The second-order valence-electron chi connectivity index (χ2n) is 14.9. The number of nitrogens with zero attached hydrogens (tertiary/aromatic N) is 5. The summed E-state index contributed by atoms with van der Waals surface area (Å²) in [5.41, 5.74) is 23.1. The summed E-state index contributed by atoms with van der Waals surface area (Å²) in [5.74, 6) is 1.48. The smallest absolute Gasteiger partial charge is 0.286 e. The molecule has 0 bridgehead atoms. The number of anilines is 3. The number of aryl methyl sites for hydroxylation is 2. The summed E-state index contributed by atoms with van der Waals surface area (Å²) in [7, 11) is 7.61. The lowest BCUT2D eigenvalue weighted by Crippen LogP contribution is -2.81. The molecule has 7 rings (SSSR count). The number of hydrogen-bond donors (Lipinski definition) is 5. The number of carbonyl (C=O) groups is 2. The number of carbonyl (C=O) groups excluding carboxylic acids is 2. The van der Waals surface area contributed by atoms with E-state index in [1.807, 2.05) is 95.8 Å². The lowest BCUT2D eigenvalue weighted by Gasteiger charge is -2.27. The zero-order chi connectivity index (χ0) is 42.3. The van der Waals surface area contributed by atoms with Crippen LogP contribution in [0.25, 0.3) is 16.6 Å². The quantitative estimate of drug-likeness (QED) is 0.0266. The Hall–Kier alpha value is -5.57. The summed E-state index contributed by atoms with van der Waals surface area (Å²) < 4.78 is 1.94. The van der Waals surface area contributed by atoms with Crippen LogP contribution >= 0.6 is 21.6 Å². The molecule has 8 N–H and O–H groups in total. The van der Waals surface area contributed by atoms with Crippen LogP contribution in [0, 0.1) is 0 Å². The molecule has 0 aliphatic carbocycles. The first-order valence-electron chi connectivity index (χ1n) is 20.6. The van der Waals surface area contributed by atoms with Crippen molar-refractivity contribution in [1.82, 2.24) is 10.6 Å². The third kappa shape index (κ3) is 12.2. The zero-order valence-corrected chi connectivity index (χ0v) is 36.5. The first-order chi connectivity index (χ1) is 29.2. The Labute approximate surface area is 361 Å². The molecular weight excluding hydrogens is 789 g/mol. The normalized spacial score (nSPS) is 13.7. The molecule has 0 atom stereocenters. The van der Waals surface area contributed by atoms with Crippen LogP contribution in [-0.2, 0) is 29.0 Å². The van der Waals surface area contributed by atoms with Gasteiger partial charge in [-0.25, -0.2) is 0 Å². The maximum absolute atomic E-state index is 12.8. The summed E-state index contributed by atoms with van der Waals surface area (Å²) >= 11 is 0. The van der Waals surface area contributed by atoms with Crippen molar-refractivity contribution in [3.05, 3.63) is 120 Å². The molecule has 2 aliphatic heterocycles. The molecule has 4 aromatic carbocycles. The van der Waals surface area contributed by atoms with Crippen LogP contribution in [0.5, 0.6) is 0 Å². The van der Waals surface area contributed by atoms with Crippen molar-refractivity contribution in [3.8, 4) is 0 Å². The minimum Gasteiger partial charge on any atom is -0.399 e. The van der Waals surface area contributed by atoms with Gasteiger partial charge in [0.1, 0.15) is 11.4 Å². The second-order valence-corrected chi connectivity index (χ2v) is 17.6. The molecule has 60 heavy (non-hydrogen) atoms. The van der Waals surface area contributed by atoms with E-state index in [1.54, 1.807) is 21.6 Å². The molecule has 2 aliphatic rings. The van der Waals surface area contributed by atoms with Crippen molar-refractivity contribution in [2.75, 3.05) is 73.9 Å². The van der Waals surface area contributed by atoms with Gasteiger partial charge >= 0.3 is 0 Å². The number of quaternary nitrogens is 1. The number of azo groups is 1. The predicted octanol–water partition coefficient (Wildman–Crippen LogP) is 6.40. The fourth-order valence-corrected chi connectivity index (χ4v) is 9.22. The number of rotatable bonds is 15. The highest BCUT2D eigenvalue weighted by molar-refractivity contribution is 8.76. The fourth-order valence-electron chi connectivity index (χ4n) is 7.41. The third-order valence-corrected chi connectivity index (χ3v) is 13.0. The van der Waals surface area contributed by atoms with Crippen LogP contribution in [0.4, 0.5) is 34.1 Å². The van der Waals surface area contributed by atoms with Gasteiger partial charge in [-0.2, -0.15) is 9.68 Å². The molecule has 0 fully saturated rings. The van der Waals surface area contributed by atoms with E-state index in [0.717, 1.165) is 76.7 Å². The van der Waals surface area contributed by atoms with Gasteiger partial charge in [0.05, 0.1) is 16.6 Å². The summed E-state index contributed by atoms with van der Waals surface area (Å²) in [6, 6.07) is 30.1. The molecule has 0 unspecified atom stereocenters. The number of hydrogen-bond acceptors (Lipinski definition) is 10. The summed E-state index contributed by atoms with van der Waals surface area (Å²) in [4.78, 5) is 29.7. The van der Waals surface area contributed by atoms with Crippen LogP contribution in [0.3, 0.4) is 0 Å². The summed E-state index contributed by atoms with van der Waals surface area (Å²) in [6.45, 7) is 5.79. The van der Waals surface area contributed by atoms with E-state index in [9.17, 15) is 9.59 Å². The van der Waals surface area contributed by atoms with Gasteiger partial charge in [0.15, 0.2) is 12.7 Å². The average molecular weight is 847 g/mol. The zero-order valence-electron chi connectivity index (χ0n) is 34.9. The molecule has 1 aromatic heterocycles. The molecule has 3 heterocycles. The maximum atomic E-state index is 12.8. The van der Waals surface area contributed by atoms with E-state index >= 15 is 0 Å². The van der Waals surface area contributed by atoms with Gasteiger partial charge in [-0.05, 0) is 98.3 Å². The number of nitrogens with two attached hydrogens (primary N) is 3. The lowest BCUT2D eigenvalue weighted by molar-refractivity contribution is -0.658. The van der Waals surface area contributed by atoms with Gasteiger partial charge in [-0.3, -0.25) is 9.59 Å².